The number of rotatable bonds is 5. The van der Waals surface area contributed by atoms with Crippen LogP contribution in [0.5, 0.6) is 5.75 Å². The number of hydrogen-bond donors (Lipinski definition) is 2. The molecular formula is C24H18N4O2. The van der Waals surface area contributed by atoms with E-state index in [1.807, 2.05) is 72.8 Å². The number of nitrogens with zero attached hydrogens (tertiary/aromatic N) is 2. The highest BCUT2D eigenvalue weighted by atomic mass is 16.5. The number of fused-ring (bicyclic) bond motifs is 1. The summed E-state index contributed by atoms with van der Waals surface area (Å²) in [4.78, 5) is 4.12. The van der Waals surface area contributed by atoms with Gasteiger partial charge in [0, 0.05) is 22.7 Å². The van der Waals surface area contributed by atoms with E-state index in [1.165, 1.54) is 0 Å². The average molecular weight is 394 g/mol. The Bertz CT molecular complexity index is 1250. The van der Waals surface area contributed by atoms with Crippen molar-refractivity contribution in [1.82, 2.24) is 10.2 Å². The molecule has 30 heavy (non-hydrogen) atoms. The van der Waals surface area contributed by atoms with Crippen LogP contribution in [0.4, 0.5) is 5.69 Å². The maximum Gasteiger partial charge on any atom is 0.304 e. The Hall–Kier alpha value is -4.24. The van der Waals surface area contributed by atoms with Gasteiger partial charge in [-0.2, -0.15) is 5.10 Å². The van der Waals surface area contributed by atoms with Gasteiger partial charge in [0.2, 0.25) is 0 Å². The lowest BCUT2D eigenvalue weighted by Crippen LogP contribution is -2.20. The SMILES string of the molecule is C1#CC(c2ccc(OCc3ccccc3)cc2)OC(Nc2ccc3[nH]ncc3c2)=N1. The molecule has 0 bridgehead atoms. The molecule has 0 amide bonds. The van der Waals surface area contributed by atoms with Crippen molar-refractivity contribution >= 4 is 22.6 Å². The minimum Gasteiger partial charge on any atom is -0.489 e. The van der Waals surface area contributed by atoms with Crippen LogP contribution >= 0.6 is 0 Å². The van der Waals surface area contributed by atoms with Gasteiger partial charge in [-0.15, -0.1) is 4.99 Å². The Labute approximate surface area is 173 Å². The maximum atomic E-state index is 5.94. The summed E-state index contributed by atoms with van der Waals surface area (Å²) in [5, 5.41) is 11.1. The van der Waals surface area contributed by atoms with Crippen LogP contribution in [0.2, 0.25) is 0 Å². The Morgan fingerprint density at radius 3 is 2.77 bits per heavy atom. The molecule has 0 fully saturated rings. The van der Waals surface area contributed by atoms with E-state index >= 15 is 0 Å². The van der Waals surface area contributed by atoms with Crippen molar-refractivity contribution in [3.63, 3.8) is 0 Å². The molecule has 1 aliphatic rings. The largest absolute Gasteiger partial charge is 0.489 e. The quantitative estimate of drug-likeness (QED) is 0.484. The zero-order valence-corrected chi connectivity index (χ0v) is 16.0. The van der Waals surface area contributed by atoms with Crippen molar-refractivity contribution in [3.05, 3.63) is 90.1 Å². The summed E-state index contributed by atoms with van der Waals surface area (Å²) in [6.45, 7) is 0.529. The molecule has 0 spiro atoms. The Morgan fingerprint density at radius 2 is 1.90 bits per heavy atom. The predicted octanol–water partition coefficient (Wildman–Crippen LogP) is 4.64. The first-order valence-electron chi connectivity index (χ1n) is 9.55. The second kappa shape index (κ2) is 8.02. The Morgan fingerprint density at radius 1 is 1.03 bits per heavy atom. The van der Waals surface area contributed by atoms with E-state index in [9.17, 15) is 0 Å². The second-order valence-electron chi connectivity index (χ2n) is 6.81. The smallest absolute Gasteiger partial charge is 0.304 e. The summed E-state index contributed by atoms with van der Waals surface area (Å²) < 4.78 is 11.8. The average Bonchev–Trinajstić information content (AvgIpc) is 3.27. The topological polar surface area (TPSA) is 71.5 Å². The van der Waals surface area contributed by atoms with E-state index in [0.717, 1.165) is 33.5 Å². The van der Waals surface area contributed by atoms with Gasteiger partial charge in [0.25, 0.3) is 0 Å². The van der Waals surface area contributed by atoms with Crippen LogP contribution in [-0.4, -0.2) is 16.2 Å². The lowest BCUT2D eigenvalue weighted by molar-refractivity contribution is 0.246. The summed E-state index contributed by atoms with van der Waals surface area (Å²) in [7, 11) is 0. The molecule has 1 aromatic heterocycles. The van der Waals surface area contributed by atoms with Gasteiger partial charge in [0.15, 0.2) is 6.10 Å². The number of hydrogen-bond acceptors (Lipinski definition) is 5. The molecule has 1 atom stereocenters. The highest BCUT2D eigenvalue weighted by Crippen LogP contribution is 2.24. The van der Waals surface area contributed by atoms with Gasteiger partial charge in [-0.25, -0.2) is 0 Å². The van der Waals surface area contributed by atoms with Crippen LogP contribution < -0.4 is 10.1 Å². The normalized spacial score (nSPS) is 14.9. The van der Waals surface area contributed by atoms with Crippen molar-refractivity contribution in [3.8, 4) is 17.7 Å². The highest BCUT2D eigenvalue weighted by Gasteiger charge is 2.16. The van der Waals surface area contributed by atoms with Gasteiger partial charge in [-0.1, -0.05) is 42.5 Å². The third-order valence-corrected chi connectivity index (χ3v) is 4.71. The maximum absolute atomic E-state index is 5.94. The van der Waals surface area contributed by atoms with Gasteiger partial charge < -0.3 is 14.8 Å². The molecule has 2 N–H and O–H groups in total. The van der Waals surface area contributed by atoms with E-state index in [2.05, 4.69) is 32.5 Å². The summed E-state index contributed by atoms with van der Waals surface area (Å²) in [5.74, 6) is 3.80. The predicted molar refractivity (Wildman–Crippen MR) is 116 cm³/mol. The molecule has 3 aromatic carbocycles. The zero-order chi connectivity index (χ0) is 20.2. The van der Waals surface area contributed by atoms with E-state index < -0.39 is 6.10 Å². The van der Waals surface area contributed by atoms with Crippen LogP contribution in [0.15, 0.2) is 84.0 Å². The van der Waals surface area contributed by atoms with Crippen molar-refractivity contribution in [2.45, 2.75) is 12.7 Å². The number of benzene rings is 3. The summed E-state index contributed by atoms with van der Waals surface area (Å²) in [6, 6.07) is 26.9. The fraction of sp³-hybridized carbons (Fsp3) is 0.0833. The molecule has 5 rings (SSSR count). The number of amidine groups is 1. The number of aliphatic imine (C=N–C) groups is 1. The van der Waals surface area contributed by atoms with Gasteiger partial charge >= 0.3 is 6.02 Å². The van der Waals surface area contributed by atoms with E-state index in [0.29, 0.717) is 12.6 Å². The molecular weight excluding hydrogens is 376 g/mol. The lowest BCUT2D eigenvalue weighted by atomic mass is 10.1. The van der Waals surface area contributed by atoms with Crippen LogP contribution in [0, 0.1) is 12.0 Å². The highest BCUT2D eigenvalue weighted by molar-refractivity contribution is 5.93. The van der Waals surface area contributed by atoms with Gasteiger partial charge in [0.1, 0.15) is 12.4 Å². The minimum atomic E-state index is -0.397. The summed E-state index contributed by atoms with van der Waals surface area (Å²) in [5.41, 5.74) is 3.90. The molecule has 6 nitrogen and oxygen atoms in total. The lowest BCUT2D eigenvalue weighted by Gasteiger charge is -2.18. The Kier molecular flexibility index (Phi) is 4.76. The molecule has 4 aromatic rings. The standard InChI is InChI=1S/C24H18N4O2/c1-2-4-17(5-3-1)16-29-21-9-6-18(7-10-21)23-12-13-25-24(30-23)27-20-8-11-22-19(14-20)15-26-28-22/h1-11,14-15,23H,16H2,(H,25,27)(H,26,28). The molecule has 0 saturated heterocycles. The molecule has 1 unspecified atom stereocenters. The number of nitrogens with one attached hydrogen (secondary N) is 2. The van der Waals surface area contributed by atoms with E-state index in [4.69, 9.17) is 9.47 Å². The molecule has 1 aliphatic heterocycles. The van der Waals surface area contributed by atoms with Crippen molar-refractivity contribution < 1.29 is 9.47 Å². The van der Waals surface area contributed by atoms with Crippen LogP contribution in [0.3, 0.4) is 0 Å². The van der Waals surface area contributed by atoms with E-state index in [-0.39, 0.29) is 0 Å². The summed E-state index contributed by atoms with van der Waals surface area (Å²) in [6.07, 6.45) is 1.37. The van der Waals surface area contributed by atoms with Gasteiger partial charge in [-0.05, 0) is 41.8 Å². The van der Waals surface area contributed by atoms with Gasteiger partial charge in [-0.3, -0.25) is 5.10 Å². The molecule has 6 heteroatoms. The first-order valence-corrected chi connectivity index (χ1v) is 9.55. The molecule has 2 heterocycles. The number of aromatic amines is 1. The third-order valence-electron chi connectivity index (χ3n) is 4.71. The molecule has 0 saturated carbocycles. The fourth-order valence-electron chi connectivity index (χ4n) is 3.14. The van der Waals surface area contributed by atoms with Crippen molar-refractivity contribution in [1.29, 1.82) is 0 Å². The molecule has 0 aliphatic carbocycles. The number of H-pyrrole nitrogens is 1. The molecule has 146 valence electrons. The number of ether oxygens (including phenoxy) is 2. The van der Waals surface area contributed by atoms with Crippen LogP contribution in [0.1, 0.15) is 17.2 Å². The first kappa shape index (κ1) is 17.8. The first-order chi connectivity index (χ1) is 14.8. The number of aromatic nitrogens is 2. The van der Waals surface area contributed by atoms with Gasteiger partial charge in [0.05, 0.1) is 11.7 Å². The zero-order valence-electron chi connectivity index (χ0n) is 16.0. The van der Waals surface area contributed by atoms with Crippen LogP contribution in [0.25, 0.3) is 10.9 Å². The van der Waals surface area contributed by atoms with Crippen molar-refractivity contribution in [2.75, 3.05) is 5.32 Å². The summed E-state index contributed by atoms with van der Waals surface area (Å²) >= 11 is 0. The second-order valence-corrected chi connectivity index (χ2v) is 6.81. The Balaban J connectivity index is 1.22. The monoisotopic (exact) mass is 394 g/mol. The molecule has 0 radical (unpaired) electrons. The van der Waals surface area contributed by atoms with Crippen LogP contribution in [-0.2, 0) is 11.3 Å². The third kappa shape index (κ3) is 3.96. The fourth-order valence-corrected chi connectivity index (χ4v) is 3.14. The number of anilines is 1. The van der Waals surface area contributed by atoms with Crippen molar-refractivity contribution in [2.24, 2.45) is 4.99 Å². The van der Waals surface area contributed by atoms with E-state index in [1.54, 1.807) is 6.20 Å². The minimum absolute atomic E-state index is 0.367.